The SMILES string of the molecule is ONc1cnc(Cl)cc1NC1CCCCC1. The largest absolute Gasteiger partial charge is 0.380 e. The van der Waals surface area contributed by atoms with Gasteiger partial charge in [-0.1, -0.05) is 30.9 Å². The number of rotatable bonds is 3. The second kappa shape index (κ2) is 5.37. The Balaban J connectivity index is 2.09. The molecule has 0 spiro atoms. The summed E-state index contributed by atoms with van der Waals surface area (Å²) in [4.78, 5) is 3.91. The number of hydrogen-bond donors (Lipinski definition) is 3. The van der Waals surface area contributed by atoms with Gasteiger partial charge in [0.15, 0.2) is 0 Å². The summed E-state index contributed by atoms with van der Waals surface area (Å²) in [5.74, 6) is 0. The van der Waals surface area contributed by atoms with Gasteiger partial charge < -0.3 is 5.32 Å². The van der Waals surface area contributed by atoms with Gasteiger partial charge in [-0.2, -0.15) is 0 Å². The van der Waals surface area contributed by atoms with Crippen LogP contribution in [0.1, 0.15) is 32.1 Å². The van der Waals surface area contributed by atoms with Crippen LogP contribution < -0.4 is 10.8 Å². The standard InChI is InChI=1S/C11H16ClN3O/c12-11-6-9(10(15-16)7-13-11)14-8-4-2-1-3-5-8/h6-8,15-16H,1-5H2,(H,13,14). The molecule has 0 saturated heterocycles. The van der Waals surface area contributed by atoms with Crippen LogP contribution >= 0.6 is 11.6 Å². The Bertz CT molecular complexity index is 353. The molecule has 1 aromatic rings. The molecule has 5 heteroatoms. The van der Waals surface area contributed by atoms with Crippen molar-refractivity contribution in [3.63, 3.8) is 0 Å². The lowest BCUT2D eigenvalue weighted by atomic mass is 9.95. The lowest BCUT2D eigenvalue weighted by Gasteiger charge is -2.24. The van der Waals surface area contributed by atoms with Crippen LogP contribution in [0.5, 0.6) is 0 Å². The third-order valence-electron chi connectivity index (χ3n) is 2.96. The van der Waals surface area contributed by atoms with Gasteiger partial charge in [0.1, 0.15) is 10.8 Å². The van der Waals surface area contributed by atoms with Crippen LogP contribution in [0.25, 0.3) is 0 Å². The molecule has 1 heterocycles. The number of nitrogens with zero attached hydrogens (tertiary/aromatic N) is 1. The fourth-order valence-electron chi connectivity index (χ4n) is 2.11. The molecular weight excluding hydrogens is 226 g/mol. The summed E-state index contributed by atoms with van der Waals surface area (Å²) in [6.07, 6.45) is 7.71. The first-order valence-electron chi connectivity index (χ1n) is 5.62. The molecule has 1 saturated carbocycles. The zero-order valence-corrected chi connectivity index (χ0v) is 9.80. The van der Waals surface area contributed by atoms with E-state index in [-0.39, 0.29) is 0 Å². The zero-order valence-electron chi connectivity index (χ0n) is 9.04. The van der Waals surface area contributed by atoms with Crippen LogP contribution in [0.15, 0.2) is 12.3 Å². The first-order valence-corrected chi connectivity index (χ1v) is 5.99. The maximum atomic E-state index is 8.97. The van der Waals surface area contributed by atoms with E-state index in [1.165, 1.54) is 38.3 Å². The van der Waals surface area contributed by atoms with Crippen LogP contribution in [0.2, 0.25) is 5.15 Å². The summed E-state index contributed by atoms with van der Waals surface area (Å²) in [6.45, 7) is 0. The van der Waals surface area contributed by atoms with E-state index in [0.29, 0.717) is 16.9 Å². The van der Waals surface area contributed by atoms with Crippen molar-refractivity contribution >= 4 is 23.0 Å². The van der Waals surface area contributed by atoms with Crippen molar-refractivity contribution < 1.29 is 5.21 Å². The van der Waals surface area contributed by atoms with Gasteiger partial charge in [-0.3, -0.25) is 10.7 Å². The van der Waals surface area contributed by atoms with E-state index >= 15 is 0 Å². The average Bonchev–Trinajstić information content (AvgIpc) is 2.31. The van der Waals surface area contributed by atoms with Crippen molar-refractivity contribution in [1.82, 2.24) is 4.98 Å². The van der Waals surface area contributed by atoms with Crippen molar-refractivity contribution in [1.29, 1.82) is 0 Å². The van der Waals surface area contributed by atoms with Crippen molar-refractivity contribution in [2.24, 2.45) is 0 Å². The van der Waals surface area contributed by atoms with Gasteiger partial charge >= 0.3 is 0 Å². The molecule has 4 nitrogen and oxygen atoms in total. The van der Waals surface area contributed by atoms with Crippen LogP contribution in [0, 0.1) is 0 Å². The molecule has 16 heavy (non-hydrogen) atoms. The highest BCUT2D eigenvalue weighted by molar-refractivity contribution is 6.29. The molecule has 0 bridgehead atoms. The maximum absolute atomic E-state index is 8.97. The summed E-state index contributed by atoms with van der Waals surface area (Å²) < 4.78 is 0. The van der Waals surface area contributed by atoms with Gasteiger partial charge in [0, 0.05) is 12.1 Å². The predicted molar refractivity (Wildman–Crippen MR) is 65.2 cm³/mol. The molecule has 0 aromatic carbocycles. The first kappa shape index (κ1) is 11.5. The Hall–Kier alpha value is -1.00. The normalized spacial score (nSPS) is 17.1. The number of hydrogen-bond acceptors (Lipinski definition) is 4. The van der Waals surface area contributed by atoms with Crippen LogP contribution in [0.3, 0.4) is 0 Å². The minimum absolute atomic E-state index is 0.428. The smallest absolute Gasteiger partial charge is 0.131 e. The molecule has 0 unspecified atom stereocenters. The monoisotopic (exact) mass is 241 g/mol. The highest BCUT2D eigenvalue weighted by atomic mass is 35.5. The summed E-state index contributed by atoms with van der Waals surface area (Å²) in [5, 5.41) is 12.8. The Kier molecular flexibility index (Phi) is 3.85. The Morgan fingerprint density at radius 2 is 2.00 bits per heavy atom. The van der Waals surface area contributed by atoms with E-state index in [4.69, 9.17) is 16.8 Å². The van der Waals surface area contributed by atoms with E-state index in [9.17, 15) is 0 Å². The van der Waals surface area contributed by atoms with Crippen molar-refractivity contribution in [2.45, 2.75) is 38.1 Å². The third-order valence-corrected chi connectivity index (χ3v) is 3.16. The van der Waals surface area contributed by atoms with E-state index in [2.05, 4.69) is 15.8 Å². The summed E-state index contributed by atoms with van der Waals surface area (Å²) >= 11 is 5.83. The number of halogens is 1. The Morgan fingerprint density at radius 1 is 1.25 bits per heavy atom. The highest BCUT2D eigenvalue weighted by Crippen LogP contribution is 2.27. The second-order valence-corrected chi connectivity index (χ2v) is 4.53. The van der Waals surface area contributed by atoms with Gasteiger partial charge in [0.05, 0.1) is 11.9 Å². The van der Waals surface area contributed by atoms with Crippen LogP contribution in [-0.4, -0.2) is 16.2 Å². The molecule has 1 aliphatic rings. The summed E-state index contributed by atoms with van der Waals surface area (Å²) in [5.41, 5.74) is 3.51. The van der Waals surface area contributed by atoms with Crippen molar-refractivity contribution in [3.8, 4) is 0 Å². The highest BCUT2D eigenvalue weighted by Gasteiger charge is 2.14. The molecule has 1 aliphatic carbocycles. The lowest BCUT2D eigenvalue weighted by Crippen LogP contribution is -2.22. The van der Waals surface area contributed by atoms with Gasteiger partial charge in [0.25, 0.3) is 0 Å². The lowest BCUT2D eigenvalue weighted by molar-refractivity contribution is 0.388. The topological polar surface area (TPSA) is 57.2 Å². The fourth-order valence-corrected chi connectivity index (χ4v) is 2.26. The molecule has 0 amide bonds. The van der Waals surface area contributed by atoms with E-state index in [1.807, 2.05) is 0 Å². The molecule has 0 aliphatic heterocycles. The van der Waals surface area contributed by atoms with Crippen LogP contribution in [0.4, 0.5) is 11.4 Å². The number of pyridine rings is 1. The molecule has 2 rings (SSSR count). The molecule has 88 valence electrons. The summed E-state index contributed by atoms with van der Waals surface area (Å²) in [6, 6.07) is 2.20. The molecule has 3 N–H and O–H groups in total. The minimum Gasteiger partial charge on any atom is -0.380 e. The Morgan fingerprint density at radius 3 is 2.69 bits per heavy atom. The van der Waals surface area contributed by atoms with E-state index < -0.39 is 0 Å². The molecule has 1 fully saturated rings. The average molecular weight is 242 g/mol. The fraction of sp³-hybridized carbons (Fsp3) is 0.545. The molecular formula is C11H16ClN3O. The van der Waals surface area contributed by atoms with Crippen molar-refractivity contribution in [2.75, 3.05) is 10.8 Å². The third kappa shape index (κ3) is 2.77. The van der Waals surface area contributed by atoms with E-state index in [0.717, 1.165) is 5.69 Å². The molecule has 1 aromatic heterocycles. The maximum Gasteiger partial charge on any atom is 0.131 e. The number of nitrogens with one attached hydrogen (secondary N) is 2. The minimum atomic E-state index is 0.428. The molecule has 0 radical (unpaired) electrons. The van der Waals surface area contributed by atoms with Gasteiger partial charge in [-0.15, -0.1) is 0 Å². The Labute approximate surface area is 100.0 Å². The predicted octanol–water partition coefficient (Wildman–Crippen LogP) is 3.28. The quantitative estimate of drug-likeness (QED) is 0.562. The van der Waals surface area contributed by atoms with Crippen LogP contribution in [-0.2, 0) is 0 Å². The van der Waals surface area contributed by atoms with Gasteiger partial charge in [-0.25, -0.2) is 4.98 Å². The molecule has 0 atom stereocenters. The van der Waals surface area contributed by atoms with Gasteiger partial charge in [0.2, 0.25) is 0 Å². The van der Waals surface area contributed by atoms with Crippen molar-refractivity contribution in [3.05, 3.63) is 17.4 Å². The first-order chi connectivity index (χ1) is 7.79. The van der Waals surface area contributed by atoms with E-state index in [1.54, 1.807) is 6.07 Å². The zero-order chi connectivity index (χ0) is 11.4. The van der Waals surface area contributed by atoms with Gasteiger partial charge in [-0.05, 0) is 12.8 Å². The number of aromatic nitrogens is 1. The summed E-state index contributed by atoms with van der Waals surface area (Å²) in [7, 11) is 0. The number of anilines is 2. The second-order valence-electron chi connectivity index (χ2n) is 4.14.